The van der Waals surface area contributed by atoms with Crippen LogP contribution in [0.1, 0.15) is 39.5 Å². The molecule has 1 aliphatic heterocycles. The molecule has 17 heavy (non-hydrogen) atoms. The highest BCUT2D eigenvalue weighted by atomic mass is 16.5. The predicted octanol–water partition coefficient (Wildman–Crippen LogP) is 1.14. The first-order valence-electron chi connectivity index (χ1n) is 6.74. The highest BCUT2D eigenvalue weighted by Crippen LogP contribution is 2.39. The van der Waals surface area contributed by atoms with Crippen molar-refractivity contribution >= 4 is 5.91 Å². The number of nitrogens with zero attached hydrogens (tertiary/aromatic N) is 1. The molecule has 2 fully saturated rings. The summed E-state index contributed by atoms with van der Waals surface area (Å²) in [6, 6.07) is 0.260. The molecule has 1 saturated heterocycles. The Morgan fingerprint density at radius 1 is 1.59 bits per heavy atom. The number of carbonyl (C=O) groups excluding carboxylic acids is 1. The van der Waals surface area contributed by atoms with Crippen LogP contribution in [0.3, 0.4) is 0 Å². The number of ether oxygens (including phenoxy) is 1. The van der Waals surface area contributed by atoms with Crippen molar-refractivity contribution in [3.63, 3.8) is 0 Å². The van der Waals surface area contributed by atoms with E-state index in [1.165, 1.54) is 0 Å². The van der Waals surface area contributed by atoms with Gasteiger partial charge in [-0.25, -0.2) is 0 Å². The molecule has 4 heteroatoms. The molecule has 3 unspecified atom stereocenters. The molecule has 1 heterocycles. The number of rotatable bonds is 2. The van der Waals surface area contributed by atoms with E-state index in [4.69, 9.17) is 10.5 Å². The van der Waals surface area contributed by atoms with Gasteiger partial charge in [0.2, 0.25) is 5.91 Å². The second-order valence-electron chi connectivity index (χ2n) is 5.55. The van der Waals surface area contributed by atoms with E-state index < -0.39 is 0 Å². The third-order valence-electron chi connectivity index (χ3n) is 4.48. The second-order valence-corrected chi connectivity index (χ2v) is 5.55. The summed E-state index contributed by atoms with van der Waals surface area (Å²) in [4.78, 5) is 14.7. The molecular formula is C13H24N2O2. The van der Waals surface area contributed by atoms with E-state index in [9.17, 15) is 4.79 Å². The summed E-state index contributed by atoms with van der Waals surface area (Å²) in [6.45, 7) is 6.20. The van der Waals surface area contributed by atoms with E-state index in [1.807, 2.05) is 11.8 Å². The Morgan fingerprint density at radius 2 is 2.35 bits per heavy atom. The third-order valence-corrected chi connectivity index (χ3v) is 4.48. The van der Waals surface area contributed by atoms with Crippen LogP contribution in [-0.2, 0) is 9.53 Å². The highest BCUT2D eigenvalue weighted by molar-refractivity contribution is 5.84. The molecule has 1 saturated carbocycles. The van der Waals surface area contributed by atoms with Crippen molar-refractivity contribution in [1.82, 2.24) is 4.90 Å². The zero-order chi connectivity index (χ0) is 12.5. The summed E-state index contributed by atoms with van der Waals surface area (Å²) >= 11 is 0. The standard InChI is InChI=1S/C13H24N2O2/c1-3-10-9-17-8-7-15(10)12(16)13(2)6-4-5-11(13)14/h10-11H,3-9,14H2,1-2H3. The first-order valence-corrected chi connectivity index (χ1v) is 6.74. The number of amides is 1. The number of nitrogens with two attached hydrogens (primary N) is 1. The lowest BCUT2D eigenvalue weighted by atomic mass is 9.83. The Hall–Kier alpha value is -0.610. The SMILES string of the molecule is CCC1COCCN1C(=O)C1(C)CCCC1N. The molecule has 1 aliphatic carbocycles. The molecule has 4 nitrogen and oxygen atoms in total. The first kappa shape index (κ1) is 12.8. The number of morpholine rings is 1. The third kappa shape index (κ3) is 2.20. The molecule has 2 rings (SSSR count). The maximum absolute atomic E-state index is 12.7. The van der Waals surface area contributed by atoms with E-state index in [1.54, 1.807) is 0 Å². The minimum absolute atomic E-state index is 0.0235. The van der Waals surface area contributed by atoms with Crippen LogP contribution in [0, 0.1) is 5.41 Å². The molecule has 0 radical (unpaired) electrons. The lowest BCUT2D eigenvalue weighted by Crippen LogP contribution is -2.56. The van der Waals surface area contributed by atoms with Gasteiger partial charge in [0.25, 0.3) is 0 Å². The fourth-order valence-electron chi connectivity index (χ4n) is 3.05. The summed E-state index contributed by atoms with van der Waals surface area (Å²) < 4.78 is 5.45. The lowest BCUT2D eigenvalue weighted by Gasteiger charge is -2.41. The Balaban J connectivity index is 2.12. The van der Waals surface area contributed by atoms with Crippen LogP contribution in [0.2, 0.25) is 0 Å². The Bertz CT molecular complexity index is 295. The zero-order valence-electron chi connectivity index (χ0n) is 10.9. The molecule has 2 N–H and O–H groups in total. The minimum Gasteiger partial charge on any atom is -0.377 e. The van der Waals surface area contributed by atoms with Gasteiger partial charge in [-0.15, -0.1) is 0 Å². The Morgan fingerprint density at radius 3 is 2.94 bits per heavy atom. The van der Waals surface area contributed by atoms with Gasteiger partial charge in [-0.2, -0.15) is 0 Å². The number of carbonyl (C=O) groups is 1. The van der Waals surface area contributed by atoms with Crippen molar-refractivity contribution in [1.29, 1.82) is 0 Å². The van der Waals surface area contributed by atoms with Crippen LogP contribution in [0.4, 0.5) is 0 Å². The van der Waals surface area contributed by atoms with Gasteiger partial charge >= 0.3 is 0 Å². The van der Waals surface area contributed by atoms with E-state index in [0.29, 0.717) is 13.2 Å². The summed E-state index contributed by atoms with van der Waals surface area (Å²) in [5, 5.41) is 0. The van der Waals surface area contributed by atoms with Gasteiger partial charge in [0.05, 0.1) is 24.7 Å². The monoisotopic (exact) mass is 240 g/mol. The van der Waals surface area contributed by atoms with E-state index in [2.05, 4.69) is 6.92 Å². The van der Waals surface area contributed by atoms with Crippen molar-refractivity contribution in [3.8, 4) is 0 Å². The lowest BCUT2D eigenvalue weighted by molar-refractivity contribution is -0.150. The molecule has 2 aliphatic rings. The van der Waals surface area contributed by atoms with E-state index >= 15 is 0 Å². The van der Waals surface area contributed by atoms with E-state index in [0.717, 1.165) is 32.2 Å². The maximum atomic E-state index is 12.7. The van der Waals surface area contributed by atoms with Gasteiger partial charge in [0.15, 0.2) is 0 Å². The number of hydrogen-bond donors (Lipinski definition) is 1. The van der Waals surface area contributed by atoms with Crippen molar-refractivity contribution in [2.45, 2.75) is 51.6 Å². The minimum atomic E-state index is -0.342. The van der Waals surface area contributed by atoms with Crippen molar-refractivity contribution in [2.24, 2.45) is 11.1 Å². The van der Waals surface area contributed by atoms with Crippen LogP contribution < -0.4 is 5.73 Å². The van der Waals surface area contributed by atoms with Crippen LogP contribution >= 0.6 is 0 Å². The normalized spacial score (nSPS) is 38.4. The summed E-state index contributed by atoms with van der Waals surface area (Å²) in [5.74, 6) is 0.248. The topological polar surface area (TPSA) is 55.6 Å². The smallest absolute Gasteiger partial charge is 0.230 e. The molecule has 98 valence electrons. The predicted molar refractivity (Wildman–Crippen MR) is 66.5 cm³/mol. The van der Waals surface area contributed by atoms with Crippen LogP contribution in [0.15, 0.2) is 0 Å². The molecule has 0 aromatic carbocycles. The maximum Gasteiger partial charge on any atom is 0.230 e. The van der Waals surface area contributed by atoms with Gasteiger partial charge in [-0.1, -0.05) is 13.3 Å². The molecule has 1 amide bonds. The van der Waals surface area contributed by atoms with Crippen molar-refractivity contribution < 1.29 is 9.53 Å². The first-order chi connectivity index (χ1) is 8.09. The average Bonchev–Trinajstić information content (AvgIpc) is 2.70. The number of hydrogen-bond acceptors (Lipinski definition) is 3. The van der Waals surface area contributed by atoms with Gasteiger partial charge in [0, 0.05) is 12.6 Å². The average molecular weight is 240 g/mol. The Labute approximate surface area is 103 Å². The van der Waals surface area contributed by atoms with Gasteiger partial charge < -0.3 is 15.4 Å². The molecule has 3 atom stereocenters. The second kappa shape index (κ2) is 4.94. The van der Waals surface area contributed by atoms with E-state index in [-0.39, 0.29) is 23.4 Å². The quantitative estimate of drug-likeness (QED) is 0.787. The van der Waals surface area contributed by atoms with Crippen molar-refractivity contribution in [3.05, 3.63) is 0 Å². The molecule has 0 spiro atoms. The Kier molecular flexibility index (Phi) is 3.73. The summed E-state index contributed by atoms with van der Waals surface area (Å²) in [5.41, 5.74) is 5.79. The molecule has 0 aromatic rings. The fourth-order valence-corrected chi connectivity index (χ4v) is 3.05. The van der Waals surface area contributed by atoms with Crippen molar-refractivity contribution in [2.75, 3.05) is 19.8 Å². The van der Waals surface area contributed by atoms with Gasteiger partial charge in [0.1, 0.15) is 0 Å². The highest BCUT2D eigenvalue weighted by Gasteiger charge is 2.46. The summed E-state index contributed by atoms with van der Waals surface area (Å²) in [7, 11) is 0. The fraction of sp³-hybridized carbons (Fsp3) is 0.923. The van der Waals surface area contributed by atoms with Crippen LogP contribution in [-0.4, -0.2) is 42.6 Å². The molecular weight excluding hydrogens is 216 g/mol. The molecule has 0 bridgehead atoms. The van der Waals surface area contributed by atoms with Crippen LogP contribution in [0.25, 0.3) is 0 Å². The van der Waals surface area contributed by atoms with Crippen LogP contribution in [0.5, 0.6) is 0 Å². The van der Waals surface area contributed by atoms with Gasteiger partial charge in [-0.3, -0.25) is 4.79 Å². The molecule has 0 aromatic heterocycles. The zero-order valence-corrected chi connectivity index (χ0v) is 10.9. The summed E-state index contributed by atoms with van der Waals surface area (Å²) in [6.07, 6.45) is 3.94. The van der Waals surface area contributed by atoms with Gasteiger partial charge in [-0.05, 0) is 26.2 Å². The largest absolute Gasteiger partial charge is 0.377 e.